The van der Waals surface area contributed by atoms with Crippen LogP contribution in [0.3, 0.4) is 0 Å². The van der Waals surface area contributed by atoms with Crippen LogP contribution in [0.15, 0.2) is 24.3 Å². The van der Waals surface area contributed by atoms with Gasteiger partial charge in [-0.15, -0.1) is 0 Å². The minimum atomic E-state index is 0.363. The molecule has 2 N–H and O–H groups in total. The maximum Gasteiger partial charge on any atom is 0.123 e. The van der Waals surface area contributed by atoms with Crippen LogP contribution in [0.2, 0.25) is 0 Å². The molecule has 0 radical (unpaired) electrons. The lowest BCUT2D eigenvalue weighted by Gasteiger charge is -2.30. The summed E-state index contributed by atoms with van der Waals surface area (Å²) in [6.45, 7) is 0. The van der Waals surface area contributed by atoms with Gasteiger partial charge in [-0.05, 0) is 36.8 Å². The summed E-state index contributed by atoms with van der Waals surface area (Å²) >= 11 is 0. The molecule has 2 heteroatoms. The molecule has 3 rings (SSSR count). The average Bonchev–Trinajstić information content (AvgIpc) is 2.74. The fraction of sp³-hybridized carbons (Fsp3) is 0.600. The van der Waals surface area contributed by atoms with Gasteiger partial charge >= 0.3 is 0 Å². The highest BCUT2D eigenvalue weighted by Gasteiger charge is 2.29. The first kappa shape index (κ1) is 11.1. The van der Waals surface area contributed by atoms with Crippen molar-refractivity contribution < 1.29 is 4.74 Å². The fourth-order valence-electron chi connectivity index (χ4n) is 3.25. The van der Waals surface area contributed by atoms with E-state index in [0.29, 0.717) is 18.1 Å². The smallest absolute Gasteiger partial charge is 0.123 e. The van der Waals surface area contributed by atoms with Crippen LogP contribution in [0.4, 0.5) is 0 Å². The lowest BCUT2D eigenvalue weighted by molar-refractivity contribution is 0.164. The molecule has 0 aromatic heterocycles. The Kier molecular flexibility index (Phi) is 3.06. The molecule has 92 valence electrons. The zero-order valence-corrected chi connectivity index (χ0v) is 10.3. The number of hydrogen-bond acceptors (Lipinski definition) is 2. The van der Waals surface area contributed by atoms with Crippen molar-refractivity contribution in [1.29, 1.82) is 0 Å². The van der Waals surface area contributed by atoms with Gasteiger partial charge in [-0.25, -0.2) is 0 Å². The van der Waals surface area contributed by atoms with E-state index in [0.717, 1.165) is 18.6 Å². The van der Waals surface area contributed by atoms with Gasteiger partial charge in [0.05, 0.1) is 0 Å². The Morgan fingerprint density at radius 3 is 2.82 bits per heavy atom. The van der Waals surface area contributed by atoms with Gasteiger partial charge in [-0.3, -0.25) is 0 Å². The van der Waals surface area contributed by atoms with E-state index in [2.05, 4.69) is 18.2 Å². The quantitative estimate of drug-likeness (QED) is 0.849. The summed E-state index contributed by atoms with van der Waals surface area (Å²) in [5.41, 5.74) is 7.57. The zero-order valence-electron chi connectivity index (χ0n) is 10.3. The Hall–Kier alpha value is -1.02. The molecule has 3 atom stereocenters. The molecular formula is C15H21NO. The van der Waals surface area contributed by atoms with Crippen LogP contribution in [-0.4, -0.2) is 12.1 Å². The summed E-state index contributed by atoms with van der Waals surface area (Å²) in [6, 6.07) is 8.80. The van der Waals surface area contributed by atoms with Crippen LogP contribution in [-0.2, 0) is 6.42 Å². The average molecular weight is 231 g/mol. The predicted octanol–water partition coefficient (Wildman–Crippen LogP) is 2.90. The molecule has 0 spiro atoms. The second-order valence-electron chi connectivity index (χ2n) is 5.50. The largest absolute Gasteiger partial charge is 0.490 e. The van der Waals surface area contributed by atoms with E-state index in [9.17, 15) is 0 Å². The Balaban J connectivity index is 1.61. The first-order valence-electron chi connectivity index (χ1n) is 6.83. The van der Waals surface area contributed by atoms with Gasteiger partial charge in [0, 0.05) is 12.5 Å². The van der Waals surface area contributed by atoms with Crippen molar-refractivity contribution in [3.8, 4) is 5.75 Å². The number of hydrogen-bond donors (Lipinski definition) is 1. The van der Waals surface area contributed by atoms with Crippen molar-refractivity contribution in [2.24, 2.45) is 11.7 Å². The standard InChI is InChI=1S/C15H21NO/c16-14-7-3-1-5-11(14)9-13-10-12-6-2-4-8-15(12)17-13/h2,4,6,8,11,13-14H,1,3,5,7,9-10,16H2. The van der Waals surface area contributed by atoms with Crippen LogP contribution in [0, 0.1) is 5.92 Å². The molecule has 1 saturated carbocycles. The van der Waals surface area contributed by atoms with E-state index in [4.69, 9.17) is 10.5 Å². The maximum atomic E-state index is 6.21. The van der Waals surface area contributed by atoms with Crippen LogP contribution < -0.4 is 10.5 Å². The molecule has 1 aliphatic heterocycles. The van der Waals surface area contributed by atoms with Gasteiger partial charge < -0.3 is 10.5 Å². The fourth-order valence-corrected chi connectivity index (χ4v) is 3.25. The van der Waals surface area contributed by atoms with E-state index in [-0.39, 0.29) is 0 Å². The van der Waals surface area contributed by atoms with Crippen molar-refractivity contribution in [1.82, 2.24) is 0 Å². The lowest BCUT2D eigenvalue weighted by atomic mass is 9.81. The Morgan fingerprint density at radius 2 is 2.00 bits per heavy atom. The molecule has 1 aliphatic carbocycles. The molecule has 1 aromatic rings. The minimum absolute atomic E-state index is 0.363. The third kappa shape index (κ3) is 2.32. The van der Waals surface area contributed by atoms with Crippen LogP contribution in [0.25, 0.3) is 0 Å². The summed E-state index contributed by atoms with van der Waals surface area (Å²) in [6.07, 6.45) is 7.71. The number of ether oxygens (including phenoxy) is 1. The number of para-hydroxylation sites is 1. The third-order valence-corrected chi connectivity index (χ3v) is 4.25. The molecule has 1 fully saturated rings. The highest BCUT2D eigenvalue weighted by Crippen LogP contribution is 2.34. The van der Waals surface area contributed by atoms with E-state index in [1.165, 1.54) is 31.2 Å². The summed E-state index contributed by atoms with van der Waals surface area (Å²) in [5, 5.41) is 0. The molecule has 0 bridgehead atoms. The van der Waals surface area contributed by atoms with Gasteiger partial charge in [-0.1, -0.05) is 31.0 Å². The summed E-state index contributed by atoms with van der Waals surface area (Å²) in [7, 11) is 0. The number of rotatable bonds is 2. The van der Waals surface area contributed by atoms with Gasteiger partial charge in [0.1, 0.15) is 11.9 Å². The first-order chi connectivity index (χ1) is 8.33. The van der Waals surface area contributed by atoms with Crippen molar-refractivity contribution in [3.05, 3.63) is 29.8 Å². The first-order valence-corrected chi connectivity index (χ1v) is 6.83. The topological polar surface area (TPSA) is 35.2 Å². The zero-order chi connectivity index (χ0) is 11.7. The molecule has 17 heavy (non-hydrogen) atoms. The van der Waals surface area contributed by atoms with Crippen molar-refractivity contribution in [3.63, 3.8) is 0 Å². The van der Waals surface area contributed by atoms with Gasteiger partial charge in [-0.2, -0.15) is 0 Å². The second kappa shape index (κ2) is 4.69. The molecule has 2 nitrogen and oxygen atoms in total. The Bertz CT molecular complexity index is 365. The SMILES string of the molecule is NC1CCCCC1CC1Cc2ccccc2O1. The normalized spacial score (nSPS) is 31.9. The summed E-state index contributed by atoms with van der Waals surface area (Å²) in [4.78, 5) is 0. The molecule has 3 unspecified atom stereocenters. The van der Waals surface area contributed by atoms with Gasteiger partial charge in [0.2, 0.25) is 0 Å². The Morgan fingerprint density at radius 1 is 1.18 bits per heavy atom. The molecule has 0 saturated heterocycles. The molecule has 1 heterocycles. The summed E-state index contributed by atoms with van der Waals surface area (Å²) < 4.78 is 6.00. The number of benzene rings is 1. The number of fused-ring (bicyclic) bond motifs is 1. The second-order valence-corrected chi connectivity index (χ2v) is 5.50. The highest BCUT2D eigenvalue weighted by molar-refractivity contribution is 5.37. The maximum absolute atomic E-state index is 6.21. The van der Waals surface area contributed by atoms with E-state index in [1.54, 1.807) is 0 Å². The van der Waals surface area contributed by atoms with Crippen molar-refractivity contribution in [2.45, 2.75) is 50.7 Å². The molecule has 2 aliphatic rings. The molecule has 1 aromatic carbocycles. The van der Waals surface area contributed by atoms with E-state index >= 15 is 0 Å². The van der Waals surface area contributed by atoms with Crippen molar-refractivity contribution >= 4 is 0 Å². The van der Waals surface area contributed by atoms with E-state index < -0.39 is 0 Å². The lowest BCUT2D eigenvalue weighted by Crippen LogP contribution is -2.36. The van der Waals surface area contributed by atoms with Crippen LogP contribution in [0.1, 0.15) is 37.7 Å². The monoisotopic (exact) mass is 231 g/mol. The molecule has 0 amide bonds. The predicted molar refractivity (Wildman–Crippen MR) is 69.1 cm³/mol. The third-order valence-electron chi connectivity index (χ3n) is 4.25. The molecular weight excluding hydrogens is 210 g/mol. The van der Waals surface area contributed by atoms with Crippen LogP contribution >= 0.6 is 0 Å². The summed E-state index contributed by atoms with van der Waals surface area (Å²) in [5.74, 6) is 1.75. The minimum Gasteiger partial charge on any atom is -0.490 e. The van der Waals surface area contributed by atoms with Gasteiger partial charge in [0.15, 0.2) is 0 Å². The van der Waals surface area contributed by atoms with Crippen molar-refractivity contribution in [2.75, 3.05) is 0 Å². The van der Waals surface area contributed by atoms with Gasteiger partial charge in [0.25, 0.3) is 0 Å². The Labute approximate surface area is 103 Å². The van der Waals surface area contributed by atoms with Crippen LogP contribution in [0.5, 0.6) is 5.75 Å². The number of nitrogens with two attached hydrogens (primary N) is 1. The van der Waals surface area contributed by atoms with E-state index in [1.807, 2.05) is 6.07 Å². The highest BCUT2D eigenvalue weighted by atomic mass is 16.5.